The molecule has 1 fully saturated rings. The normalized spacial score (nSPS) is 37.9. The van der Waals surface area contributed by atoms with Gasteiger partial charge in [0.1, 0.15) is 24.4 Å². The van der Waals surface area contributed by atoms with E-state index in [4.69, 9.17) is 15.3 Å². The summed E-state index contributed by atoms with van der Waals surface area (Å²) in [5.41, 5.74) is 0. The molecule has 0 bridgehead atoms. The van der Waals surface area contributed by atoms with Gasteiger partial charge in [0.05, 0.1) is 6.61 Å². The van der Waals surface area contributed by atoms with Crippen molar-refractivity contribution < 1.29 is 25.2 Å². The smallest absolute Gasteiger partial charge is 0.178 e. The molecule has 8 heteroatoms. The minimum Gasteiger partial charge on any atom is -0.394 e. The van der Waals surface area contributed by atoms with Gasteiger partial charge in [0.15, 0.2) is 11.5 Å². The molecular formula is C9H18N2O5S. The van der Waals surface area contributed by atoms with Gasteiger partial charge in [-0.05, 0) is 6.26 Å². The molecule has 0 amide bonds. The van der Waals surface area contributed by atoms with Crippen molar-refractivity contribution in [2.45, 2.75) is 30.6 Å². The van der Waals surface area contributed by atoms with Crippen LogP contribution >= 0.6 is 11.8 Å². The summed E-state index contributed by atoms with van der Waals surface area (Å²) >= 11 is 1.14. The van der Waals surface area contributed by atoms with Crippen molar-refractivity contribution in [2.24, 2.45) is 0 Å². The Kier molecular flexibility index (Phi) is 5.17. The van der Waals surface area contributed by atoms with E-state index in [9.17, 15) is 15.3 Å². The fourth-order valence-corrected chi connectivity index (χ4v) is 2.19. The third-order valence-corrected chi connectivity index (χ3v) is 3.50. The first kappa shape index (κ1) is 14.7. The van der Waals surface area contributed by atoms with Crippen LogP contribution in [-0.4, -0.2) is 81.0 Å². The summed E-state index contributed by atoms with van der Waals surface area (Å²) in [5, 5.41) is 45.9. The van der Waals surface area contributed by atoms with Gasteiger partial charge in [-0.25, -0.2) is 0 Å². The first-order chi connectivity index (χ1) is 7.93. The molecular weight excluding hydrogens is 248 g/mol. The van der Waals surface area contributed by atoms with Gasteiger partial charge >= 0.3 is 0 Å². The zero-order valence-electron chi connectivity index (χ0n) is 9.65. The predicted molar refractivity (Wildman–Crippen MR) is 62.8 cm³/mol. The fraction of sp³-hybridized carbons (Fsp3) is 0.889. The maximum Gasteiger partial charge on any atom is 0.178 e. The highest BCUT2D eigenvalue weighted by molar-refractivity contribution is 8.13. The zero-order valence-corrected chi connectivity index (χ0v) is 10.5. The van der Waals surface area contributed by atoms with Crippen LogP contribution in [0, 0.1) is 5.41 Å². The lowest BCUT2D eigenvalue weighted by atomic mass is 9.96. The highest BCUT2D eigenvalue weighted by atomic mass is 32.2. The third kappa shape index (κ3) is 2.90. The van der Waals surface area contributed by atoms with Gasteiger partial charge in [-0.3, -0.25) is 5.41 Å². The molecule has 0 aromatic carbocycles. The SMILES string of the molecule is CSC(=N)N(C)C1C(O)OC(CO)C(O)C1O. The van der Waals surface area contributed by atoms with Crippen LogP contribution in [0.3, 0.4) is 0 Å². The second-order valence-corrected chi connectivity index (χ2v) is 4.63. The Bertz CT molecular complexity index is 280. The van der Waals surface area contributed by atoms with E-state index in [1.54, 1.807) is 6.26 Å². The highest BCUT2D eigenvalue weighted by Crippen LogP contribution is 2.24. The van der Waals surface area contributed by atoms with Crippen LogP contribution in [0.2, 0.25) is 0 Å². The lowest BCUT2D eigenvalue weighted by Gasteiger charge is -2.44. The second kappa shape index (κ2) is 5.98. The first-order valence-electron chi connectivity index (χ1n) is 5.10. The number of amidine groups is 1. The van der Waals surface area contributed by atoms with Crippen molar-refractivity contribution in [1.29, 1.82) is 5.41 Å². The number of rotatable bonds is 2. The Morgan fingerprint density at radius 2 is 1.94 bits per heavy atom. The Hall–Kier alpha value is -0.380. The second-order valence-electron chi connectivity index (χ2n) is 3.84. The number of hydrogen-bond acceptors (Lipinski definition) is 7. The van der Waals surface area contributed by atoms with E-state index in [0.29, 0.717) is 0 Å². The molecule has 0 saturated carbocycles. The molecule has 1 aliphatic rings. The number of ether oxygens (including phenoxy) is 1. The molecule has 0 radical (unpaired) electrons. The summed E-state index contributed by atoms with van der Waals surface area (Å²) < 4.78 is 4.99. The maximum atomic E-state index is 9.88. The van der Waals surface area contributed by atoms with E-state index in [0.717, 1.165) is 11.8 Å². The summed E-state index contributed by atoms with van der Waals surface area (Å²) in [5.74, 6) is 0. The van der Waals surface area contributed by atoms with Crippen molar-refractivity contribution >= 4 is 16.9 Å². The number of likely N-dealkylation sites (N-methyl/N-ethyl adjacent to an activating group) is 1. The molecule has 0 aliphatic carbocycles. The molecule has 0 spiro atoms. The Balaban J connectivity index is 2.82. The molecule has 5 atom stereocenters. The Labute approximate surface area is 104 Å². The van der Waals surface area contributed by atoms with Crippen LogP contribution in [0.1, 0.15) is 0 Å². The summed E-state index contributed by atoms with van der Waals surface area (Å²) in [6, 6.07) is -0.937. The molecule has 1 aliphatic heterocycles. The summed E-state index contributed by atoms with van der Waals surface area (Å²) in [7, 11) is 1.52. The van der Waals surface area contributed by atoms with Gasteiger partial charge < -0.3 is 30.1 Å². The lowest BCUT2D eigenvalue weighted by Crippen LogP contribution is -2.64. The van der Waals surface area contributed by atoms with Crippen molar-refractivity contribution in [3.05, 3.63) is 0 Å². The molecule has 0 aromatic rings. The average molecular weight is 266 g/mol. The number of nitrogens with zero attached hydrogens (tertiary/aromatic N) is 1. The summed E-state index contributed by atoms with van der Waals surface area (Å²) in [4.78, 5) is 1.33. The number of hydrogen-bond donors (Lipinski definition) is 5. The Morgan fingerprint density at radius 3 is 2.41 bits per heavy atom. The van der Waals surface area contributed by atoms with Crippen molar-refractivity contribution in [3.63, 3.8) is 0 Å². The maximum absolute atomic E-state index is 9.88. The van der Waals surface area contributed by atoms with E-state index in [1.165, 1.54) is 11.9 Å². The van der Waals surface area contributed by atoms with Crippen LogP contribution in [-0.2, 0) is 4.74 Å². The van der Waals surface area contributed by atoms with Crippen LogP contribution < -0.4 is 0 Å². The van der Waals surface area contributed by atoms with Crippen LogP contribution in [0.25, 0.3) is 0 Å². The minimum atomic E-state index is -1.37. The number of thioether (sulfide) groups is 1. The van der Waals surface area contributed by atoms with Gasteiger partial charge in [-0.15, -0.1) is 0 Å². The van der Waals surface area contributed by atoms with E-state index in [2.05, 4.69) is 0 Å². The van der Waals surface area contributed by atoms with E-state index in [-0.39, 0.29) is 5.17 Å². The monoisotopic (exact) mass is 266 g/mol. The minimum absolute atomic E-state index is 0.131. The first-order valence-corrected chi connectivity index (χ1v) is 6.32. The summed E-state index contributed by atoms with van der Waals surface area (Å²) in [6.45, 7) is -0.494. The highest BCUT2D eigenvalue weighted by Gasteiger charge is 2.45. The van der Waals surface area contributed by atoms with Crippen molar-refractivity contribution in [1.82, 2.24) is 4.90 Å². The molecule has 1 saturated heterocycles. The van der Waals surface area contributed by atoms with Crippen molar-refractivity contribution in [3.8, 4) is 0 Å². The molecule has 5 unspecified atom stereocenters. The molecule has 17 heavy (non-hydrogen) atoms. The largest absolute Gasteiger partial charge is 0.394 e. The molecule has 0 aromatic heterocycles. The molecule has 1 heterocycles. The quantitative estimate of drug-likeness (QED) is 0.290. The number of aliphatic hydroxyl groups is 4. The van der Waals surface area contributed by atoms with Crippen LogP contribution in [0.4, 0.5) is 0 Å². The fourth-order valence-electron chi connectivity index (χ4n) is 1.78. The van der Waals surface area contributed by atoms with Crippen LogP contribution in [0.5, 0.6) is 0 Å². The van der Waals surface area contributed by atoms with Gasteiger partial charge in [-0.1, -0.05) is 11.8 Å². The topological polar surface area (TPSA) is 117 Å². The molecule has 5 N–H and O–H groups in total. The van der Waals surface area contributed by atoms with Crippen LogP contribution in [0.15, 0.2) is 0 Å². The van der Waals surface area contributed by atoms with Gasteiger partial charge in [0, 0.05) is 7.05 Å². The van der Waals surface area contributed by atoms with E-state index in [1.807, 2.05) is 0 Å². The molecule has 1 rings (SSSR count). The van der Waals surface area contributed by atoms with E-state index < -0.39 is 37.3 Å². The lowest BCUT2D eigenvalue weighted by molar-refractivity contribution is -0.264. The number of nitrogens with one attached hydrogen (secondary N) is 1. The standard InChI is InChI=1S/C9H18N2O5S/c1-11(9(10)17-2)5-7(14)6(13)4(3-12)16-8(5)15/h4-8,10,12-15H,3H2,1-2H3. The van der Waals surface area contributed by atoms with Gasteiger partial charge in [0.2, 0.25) is 0 Å². The molecule has 100 valence electrons. The van der Waals surface area contributed by atoms with E-state index >= 15 is 0 Å². The third-order valence-electron chi connectivity index (χ3n) is 2.83. The zero-order chi connectivity index (χ0) is 13.2. The predicted octanol–water partition coefficient (Wildman–Crippen LogP) is -1.98. The van der Waals surface area contributed by atoms with Gasteiger partial charge in [-0.2, -0.15) is 0 Å². The average Bonchev–Trinajstić information content (AvgIpc) is 2.32. The Morgan fingerprint density at radius 1 is 1.35 bits per heavy atom. The molecule has 7 nitrogen and oxygen atoms in total. The van der Waals surface area contributed by atoms with Gasteiger partial charge in [0.25, 0.3) is 0 Å². The summed E-state index contributed by atoms with van der Waals surface area (Å²) in [6.07, 6.45) is -3.30. The van der Waals surface area contributed by atoms with Crippen molar-refractivity contribution in [2.75, 3.05) is 19.9 Å². The number of aliphatic hydroxyl groups excluding tert-OH is 4.